The molecule has 0 unspecified atom stereocenters. The molecule has 0 aliphatic carbocycles. The van der Waals surface area contributed by atoms with Crippen LogP contribution in [0.15, 0.2) is 0 Å². The zero-order valence-corrected chi connectivity index (χ0v) is 6.88. The smallest absolute Gasteiger partial charge is 0.242 e. The van der Waals surface area contributed by atoms with Crippen LogP contribution in [0.2, 0.25) is 0 Å². The number of nitrogens with one attached hydrogen (secondary N) is 1. The molecule has 0 spiro atoms. The van der Waals surface area contributed by atoms with Gasteiger partial charge in [0.05, 0.1) is 6.54 Å². The number of carbonyl (C=O) groups is 2. The lowest BCUT2D eigenvalue weighted by Gasteiger charge is -2.19. The zero-order chi connectivity index (χ0) is 8.55. The molecule has 0 bridgehead atoms. The average Bonchev–Trinajstić information content (AvgIpc) is 2.44. The Bertz CT molecular complexity index is 227. The van der Waals surface area contributed by atoms with E-state index in [4.69, 9.17) is 0 Å². The number of rotatable bonds is 0. The second kappa shape index (κ2) is 2.77. The van der Waals surface area contributed by atoms with Crippen LogP contribution in [0.3, 0.4) is 0 Å². The van der Waals surface area contributed by atoms with Gasteiger partial charge in [-0.3, -0.25) is 9.59 Å². The molecule has 4 heteroatoms. The molecule has 2 saturated heterocycles. The molecule has 2 amide bonds. The summed E-state index contributed by atoms with van der Waals surface area (Å²) in [5.74, 6) is 0.0844. The predicted octanol–water partition coefficient (Wildman–Crippen LogP) is -0.503. The normalized spacial score (nSPS) is 29.7. The highest BCUT2D eigenvalue weighted by atomic mass is 16.2. The third kappa shape index (κ3) is 1.17. The predicted molar refractivity (Wildman–Crippen MR) is 42.4 cm³/mol. The SMILES string of the molecule is O=C1C[C@H]2CCCN2C(=O)CN1. The summed E-state index contributed by atoms with van der Waals surface area (Å²) < 4.78 is 0. The minimum Gasteiger partial charge on any atom is -0.347 e. The lowest BCUT2D eigenvalue weighted by atomic mass is 10.1. The van der Waals surface area contributed by atoms with Crippen LogP contribution in [0, 0.1) is 0 Å². The van der Waals surface area contributed by atoms with Crippen molar-refractivity contribution in [3.05, 3.63) is 0 Å². The molecule has 1 atom stereocenters. The highest BCUT2D eigenvalue weighted by Crippen LogP contribution is 2.21. The number of hydrogen-bond donors (Lipinski definition) is 1. The van der Waals surface area contributed by atoms with Gasteiger partial charge in [-0.15, -0.1) is 0 Å². The van der Waals surface area contributed by atoms with Gasteiger partial charge in [0.15, 0.2) is 0 Å². The maximum Gasteiger partial charge on any atom is 0.242 e. The molecule has 2 aliphatic rings. The molecule has 0 radical (unpaired) electrons. The van der Waals surface area contributed by atoms with Crippen molar-refractivity contribution in [1.82, 2.24) is 10.2 Å². The van der Waals surface area contributed by atoms with Crippen LogP contribution in [-0.2, 0) is 9.59 Å². The van der Waals surface area contributed by atoms with Gasteiger partial charge in [-0.05, 0) is 12.8 Å². The van der Waals surface area contributed by atoms with Crippen molar-refractivity contribution >= 4 is 11.8 Å². The van der Waals surface area contributed by atoms with Gasteiger partial charge in [-0.2, -0.15) is 0 Å². The molecule has 1 N–H and O–H groups in total. The van der Waals surface area contributed by atoms with E-state index < -0.39 is 0 Å². The monoisotopic (exact) mass is 168 g/mol. The van der Waals surface area contributed by atoms with E-state index in [0.717, 1.165) is 19.4 Å². The molecule has 0 aromatic carbocycles. The quantitative estimate of drug-likeness (QED) is 0.530. The fraction of sp³-hybridized carbons (Fsp3) is 0.750. The van der Waals surface area contributed by atoms with Gasteiger partial charge in [-0.1, -0.05) is 0 Å². The zero-order valence-electron chi connectivity index (χ0n) is 6.88. The van der Waals surface area contributed by atoms with Crippen LogP contribution in [-0.4, -0.2) is 35.8 Å². The molecule has 66 valence electrons. The van der Waals surface area contributed by atoms with Crippen molar-refractivity contribution in [3.63, 3.8) is 0 Å². The Morgan fingerprint density at radius 1 is 1.42 bits per heavy atom. The van der Waals surface area contributed by atoms with E-state index in [1.807, 2.05) is 4.90 Å². The second-order valence-corrected chi connectivity index (χ2v) is 3.36. The van der Waals surface area contributed by atoms with Crippen LogP contribution >= 0.6 is 0 Å². The van der Waals surface area contributed by atoms with Crippen LogP contribution in [0.4, 0.5) is 0 Å². The Balaban J connectivity index is 2.15. The summed E-state index contributed by atoms with van der Waals surface area (Å²) in [6.45, 7) is 1.02. The first-order chi connectivity index (χ1) is 5.77. The summed E-state index contributed by atoms with van der Waals surface area (Å²) in [6.07, 6.45) is 2.52. The van der Waals surface area contributed by atoms with E-state index >= 15 is 0 Å². The number of fused-ring (bicyclic) bond motifs is 1. The summed E-state index contributed by atoms with van der Waals surface area (Å²) >= 11 is 0. The highest BCUT2D eigenvalue weighted by Gasteiger charge is 2.32. The fourth-order valence-electron chi connectivity index (χ4n) is 1.94. The topological polar surface area (TPSA) is 49.4 Å². The van der Waals surface area contributed by atoms with Crippen LogP contribution < -0.4 is 5.32 Å². The molecule has 12 heavy (non-hydrogen) atoms. The average molecular weight is 168 g/mol. The van der Waals surface area contributed by atoms with Crippen molar-refractivity contribution in [2.45, 2.75) is 25.3 Å². The second-order valence-electron chi connectivity index (χ2n) is 3.36. The van der Waals surface area contributed by atoms with Gasteiger partial charge in [0.1, 0.15) is 0 Å². The summed E-state index contributed by atoms with van der Waals surface area (Å²) in [7, 11) is 0. The van der Waals surface area contributed by atoms with Gasteiger partial charge in [0.2, 0.25) is 11.8 Å². The van der Waals surface area contributed by atoms with Gasteiger partial charge in [-0.25, -0.2) is 0 Å². The van der Waals surface area contributed by atoms with Crippen molar-refractivity contribution < 1.29 is 9.59 Å². The lowest BCUT2D eigenvalue weighted by molar-refractivity contribution is -0.130. The minimum absolute atomic E-state index is 0.0118. The van der Waals surface area contributed by atoms with Crippen LogP contribution in [0.25, 0.3) is 0 Å². The Morgan fingerprint density at radius 2 is 2.25 bits per heavy atom. The summed E-state index contributed by atoms with van der Waals surface area (Å²) in [5, 5.41) is 2.59. The van der Waals surface area contributed by atoms with E-state index in [1.54, 1.807) is 0 Å². The van der Waals surface area contributed by atoms with Crippen molar-refractivity contribution in [3.8, 4) is 0 Å². The first kappa shape index (κ1) is 7.58. The minimum atomic E-state index is 0.0118. The van der Waals surface area contributed by atoms with E-state index in [0.29, 0.717) is 6.42 Å². The molecule has 2 heterocycles. The molecule has 4 nitrogen and oxygen atoms in total. The van der Waals surface area contributed by atoms with Crippen molar-refractivity contribution in [2.24, 2.45) is 0 Å². The first-order valence-corrected chi connectivity index (χ1v) is 4.33. The molecule has 2 aliphatic heterocycles. The van der Waals surface area contributed by atoms with Gasteiger partial charge < -0.3 is 10.2 Å². The molecule has 2 fully saturated rings. The molecule has 0 aromatic rings. The highest BCUT2D eigenvalue weighted by molar-refractivity contribution is 5.88. The maximum atomic E-state index is 11.4. The lowest BCUT2D eigenvalue weighted by Crippen LogP contribution is -2.36. The van der Waals surface area contributed by atoms with Crippen molar-refractivity contribution in [2.75, 3.05) is 13.1 Å². The Morgan fingerprint density at radius 3 is 3.08 bits per heavy atom. The van der Waals surface area contributed by atoms with Crippen LogP contribution in [0.5, 0.6) is 0 Å². The largest absolute Gasteiger partial charge is 0.347 e. The number of nitrogens with zero attached hydrogens (tertiary/aromatic N) is 1. The fourth-order valence-corrected chi connectivity index (χ4v) is 1.94. The summed E-state index contributed by atoms with van der Waals surface area (Å²) in [6, 6.07) is 0.181. The summed E-state index contributed by atoms with van der Waals surface area (Å²) in [5.41, 5.74) is 0. The Labute approximate surface area is 70.9 Å². The standard InChI is InChI=1S/C8H12N2O2/c11-7-4-6-2-1-3-10(6)8(12)5-9-7/h6H,1-5H2,(H,9,11)/t6-/m1/s1. The molecular formula is C8H12N2O2. The molecule has 0 saturated carbocycles. The third-order valence-corrected chi connectivity index (χ3v) is 2.56. The molecular weight excluding hydrogens is 156 g/mol. The number of hydrogen-bond acceptors (Lipinski definition) is 2. The van der Waals surface area contributed by atoms with E-state index in [2.05, 4.69) is 5.32 Å². The summed E-state index contributed by atoms with van der Waals surface area (Å²) in [4.78, 5) is 24.3. The Kier molecular flexibility index (Phi) is 1.75. The maximum absolute atomic E-state index is 11.4. The van der Waals surface area contributed by atoms with E-state index in [1.165, 1.54) is 0 Å². The Hall–Kier alpha value is -1.06. The molecule has 0 aromatic heterocycles. The third-order valence-electron chi connectivity index (χ3n) is 2.56. The number of amides is 2. The number of carbonyl (C=O) groups excluding carboxylic acids is 2. The van der Waals surface area contributed by atoms with Gasteiger partial charge in [0, 0.05) is 19.0 Å². The van der Waals surface area contributed by atoms with E-state index in [9.17, 15) is 9.59 Å². The van der Waals surface area contributed by atoms with Gasteiger partial charge >= 0.3 is 0 Å². The van der Waals surface area contributed by atoms with Crippen LogP contribution in [0.1, 0.15) is 19.3 Å². The molecule has 2 rings (SSSR count). The van der Waals surface area contributed by atoms with E-state index in [-0.39, 0.29) is 24.4 Å². The van der Waals surface area contributed by atoms with Gasteiger partial charge in [0.25, 0.3) is 0 Å². The van der Waals surface area contributed by atoms with Crippen molar-refractivity contribution in [1.29, 1.82) is 0 Å². The first-order valence-electron chi connectivity index (χ1n) is 4.33.